The molecule has 10 nitrogen and oxygen atoms in total. The first kappa shape index (κ1) is 47.4. The van der Waals surface area contributed by atoms with Crippen LogP contribution in [-0.2, 0) is 35.3 Å². The van der Waals surface area contributed by atoms with Crippen LogP contribution in [0.25, 0.3) is 0 Å². The molecule has 0 heterocycles. The van der Waals surface area contributed by atoms with Crippen LogP contribution in [0.15, 0.2) is 121 Å². The van der Waals surface area contributed by atoms with Gasteiger partial charge in [0.1, 0.15) is 11.9 Å². The maximum absolute atomic E-state index is 13.6. The summed E-state index contributed by atoms with van der Waals surface area (Å²) in [5, 5.41) is 31.7. The van der Waals surface area contributed by atoms with Crippen molar-refractivity contribution in [2.75, 3.05) is 6.54 Å². The summed E-state index contributed by atoms with van der Waals surface area (Å²) >= 11 is 0. The molecule has 0 aliphatic heterocycles. The molecule has 2 unspecified atom stereocenters. The van der Waals surface area contributed by atoms with Crippen molar-refractivity contribution in [2.45, 2.75) is 127 Å². The van der Waals surface area contributed by atoms with Gasteiger partial charge in [-0.05, 0) is 66.8 Å². The zero-order valence-electron chi connectivity index (χ0n) is 35.1. The minimum Gasteiger partial charge on any atom is -0.465 e. The number of imide groups is 1. The van der Waals surface area contributed by atoms with Crippen LogP contribution >= 0.6 is 0 Å². The average Bonchev–Trinajstić information content (AvgIpc) is 3.24. The third kappa shape index (κ3) is 18.3. The lowest BCUT2D eigenvalue weighted by atomic mass is 9.78. The van der Waals surface area contributed by atoms with E-state index >= 15 is 0 Å². The second-order valence-corrected chi connectivity index (χ2v) is 16.0. The standard InChI is InChI=1S/C50H66N4O6/c55-39-45(36-41-27-17-12-18-28-41)51-34-24-10-8-6-4-2-1-3-5-7-9-23-33-44(35-40-25-15-11-16-26-40)50(54-49(59)60,38-43-31-21-14-22-32-43)53-46(47(56)52-48(57)58)37-42-29-19-13-20-30-42/h11-22,25-32,39,44-46,51,53-54H,1-10,23-24,33-38H2,(H,52,56)(H,57,58)(H,59,60)/t44-,45?,46-,50?/m0/s1. The number of carbonyl (C=O) groups excluding carboxylic acids is 2. The highest BCUT2D eigenvalue weighted by Crippen LogP contribution is 2.31. The molecule has 0 spiro atoms. The molecule has 4 aromatic carbocycles. The van der Waals surface area contributed by atoms with Gasteiger partial charge in [-0.15, -0.1) is 0 Å². The second-order valence-electron chi connectivity index (χ2n) is 16.0. The van der Waals surface area contributed by atoms with Crippen LogP contribution in [0, 0.1) is 5.92 Å². The first-order chi connectivity index (χ1) is 29.3. The van der Waals surface area contributed by atoms with Crippen LogP contribution in [0.4, 0.5) is 9.59 Å². The summed E-state index contributed by atoms with van der Waals surface area (Å²) in [5.74, 6) is -1.03. The van der Waals surface area contributed by atoms with Crippen molar-refractivity contribution < 1.29 is 29.4 Å². The Balaban J connectivity index is 1.31. The first-order valence-electron chi connectivity index (χ1n) is 21.9. The number of benzene rings is 4. The number of carboxylic acid groups (broad SMARTS) is 2. The number of hydrogen-bond acceptors (Lipinski definition) is 6. The molecule has 6 N–H and O–H groups in total. The fraction of sp³-hybridized carbons (Fsp3) is 0.440. The van der Waals surface area contributed by atoms with E-state index in [-0.39, 0.29) is 24.8 Å². The monoisotopic (exact) mass is 818 g/mol. The Morgan fingerprint density at radius 1 is 0.533 bits per heavy atom. The van der Waals surface area contributed by atoms with Crippen LogP contribution in [0.3, 0.4) is 0 Å². The lowest BCUT2D eigenvalue weighted by Gasteiger charge is -2.44. The molecule has 4 atom stereocenters. The van der Waals surface area contributed by atoms with Crippen LogP contribution < -0.4 is 21.3 Å². The van der Waals surface area contributed by atoms with E-state index in [0.29, 0.717) is 12.8 Å². The van der Waals surface area contributed by atoms with Gasteiger partial charge < -0.3 is 25.6 Å². The van der Waals surface area contributed by atoms with Crippen molar-refractivity contribution in [3.63, 3.8) is 0 Å². The summed E-state index contributed by atoms with van der Waals surface area (Å²) in [6.07, 6.45) is 14.3. The largest absolute Gasteiger partial charge is 0.465 e. The smallest absolute Gasteiger partial charge is 0.411 e. The average molecular weight is 819 g/mol. The van der Waals surface area contributed by atoms with E-state index in [0.717, 1.165) is 68.0 Å². The molecule has 0 aliphatic rings. The molecule has 10 heteroatoms. The first-order valence-corrected chi connectivity index (χ1v) is 21.9. The second kappa shape index (κ2) is 27.4. The zero-order valence-corrected chi connectivity index (χ0v) is 35.1. The minimum absolute atomic E-state index is 0.133. The van der Waals surface area contributed by atoms with E-state index in [1.54, 1.807) is 0 Å². The molecular weight excluding hydrogens is 753 g/mol. The Kier molecular flexibility index (Phi) is 21.7. The molecule has 0 saturated carbocycles. The lowest BCUT2D eigenvalue weighted by Crippen LogP contribution is -2.69. The van der Waals surface area contributed by atoms with Crippen LogP contribution in [0.5, 0.6) is 0 Å². The number of aldehydes is 1. The summed E-state index contributed by atoms with van der Waals surface area (Å²) in [6, 6.07) is 37.8. The Morgan fingerprint density at radius 3 is 1.43 bits per heavy atom. The summed E-state index contributed by atoms with van der Waals surface area (Å²) < 4.78 is 0. The maximum atomic E-state index is 13.6. The molecule has 0 bridgehead atoms. The summed E-state index contributed by atoms with van der Waals surface area (Å²) in [7, 11) is 0. The van der Waals surface area contributed by atoms with Crippen molar-refractivity contribution in [3.8, 4) is 0 Å². The summed E-state index contributed by atoms with van der Waals surface area (Å²) in [5.41, 5.74) is 2.59. The third-order valence-electron chi connectivity index (χ3n) is 11.3. The van der Waals surface area contributed by atoms with Gasteiger partial charge in [0, 0.05) is 6.42 Å². The van der Waals surface area contributed by atoms with E-state index in [1.807, 2.05) is 115 Å². The number of unbranched alkanes of at least 4 members (excludes halogenated alkanes) is 11. The van der Waals surface area contributed by atoms with Gasteiger partial charge in [0.25, 0.3) is 0 Å². The van der Waals surface area contributed by atoms with E-state index in [9.17, 15) is 29.4 Å². The van der Waals surface area contributed by atoms with Gasteiger partial charge in [0.2, 0.25) is 5.91 Å². The minimum atomic E-state index is -1.47. The van der Waals surface area contributed by atoms with Crippen molar-refractivity contribution in [1.82, 2.24) is 21.3 Å². The highest BCUT2D eigenvalue weighted by molar-refractivity contribution is 5.94. The van der Waals surface area contributed by atoms with Crippen LogP contribution in [0.1, 0.15) is 106 Å². The number of rotatable bonds is 30. The molecule has 0 aliphatic carbocycles. The highest BCUT2D eigenvalue weighted by atomic mass is 16.4. The van der Waals surface area contributed by atoms with Crippen molar-refractivity contribution in [1.29, 1.82) is 0 Å². The third-order valence-corrected chi connectivity index (χ3v) is 11.3. The van der Waals surface area contributed by atoms with Gasteiger partial charge in [-0.25, -0.2) is 9.59 Å². The number of carbonyl (C=O) groups is 4. The predicted octanol–water partition coefficient (Wildman–Crippen LogP) is 9.52. The number of nitrogens with one attached hydrogen (secondary N) is 4. The van der Waals surface area contributed by atoms with Gasteiger partial charge in [-0.3, -0.25) is 15.4 Å². The maximum Gasteiger partial charge on any atom is 0.411 e. The van der Waals surface area contributed by atoms with Crippen molar-refractivity contribution in [2.24, 2.45) is 5.92 Å². The SMILES string of the molecule is O=CC(Cc1ccccc1)NCCCCCCCCCCCCCC[C@@H](Cc1ccccc1)C(Cc1ccccc1)(NC(=O)O)N[C@@H](Cc1ccccc1)C(=O)NC(=O)O. The molecule has 0 aromatic heterocycles. The van der Waals surface area contributed by atoms with E-state index < -0.39 is 29.8 Å². The predicted molar refractivity (Wildman–Crippen MR) is 239 cm³/mol. The Morgan fingerprint density at radius 2 is 0.967 bits per heavy atom. The van der Waals surface area contributed by atoms with Gasteiger partial charge in [-0.2, -0.15) is 0 Å². The highest BCUT2D eigenvalue weighted by Gasteiger charge is 2.43. The molecule has 4 rings (SSSR count). The van der Waals surface area contributed by atoms with E-state index in [4.69, 9.17) is 0 Å². The van der Waals surface area contributed by atoms with Crippen molar-refractivity contribution >= 4 is 24.4 Å². The molecule has 0 radical (unpaired) electrons. The summed E-state index contributed by atoms with van der Waals surface area (Å²) in [4.78, 5) is 49.6. The molecule has 0 saturated heterocycles. The quantitative estimate of drug-likeness (QED) is 0.0173. The van der Waals surface area contributed by atoms with Gasteiger partial charge in [-0.1, -0.05) is 192 Å². The summed E-state index contributed by atoms with van der Waals surface area (Å²) in [6.45, 7) is 0.864. The number of hydrogen-bond donors (Lipinski definition) is 6. The Bertz CT molecular complexity index is 1800. The molecule has 4 aromatic rings. The molecular formula is C50H66N4O6. The van der Waals surface area contributed by atoms with Crippen LogP contribution in [-0.4, -0.2) is 58.9 Å². The van der Waals surface area contributed by atoms with Gasteiger partial charge in [0.05, 0.1) is 12.1 Å². The fourth-order valence-electron chi connectivity index (χ4n) is 8.20. The van der Waals surface area contributed by atoms with Crippen molar-refractivity contribution in [3.05, 3.63) is 144 Å². The fourth-order valence-corrected chi connectivity index (χ4v) is 8.20. The van der Waals surface area contributed by atoms with Crippen LogP contribution in [0.2, 0.25) is 0 Å². The Labute approximate surface area is 357 Å². The Hall–Kier alpha value is -5.32. The topological polar surface area (TPSA) is 157 Å². The molecule has 60 heavy (non-hydrogen) atoms. The molecule has 322 valence electrons. The van der Waals surface area contributed by atoms with E-state index in [2.05, 4.69) is 28.1 Å². The zero-order chi connectivity index (χ0) is 42.7. The van der Waals surface area contributed by atoms with E-state index in [1.165, 1.54) is 50.5 Å². The lowest BCUT2D eigenvalue weighted by molar-refractivity contribution is -0.123. The molecule has 0 fully saturated rings. The van der Waals surface area contributed by atoms with Gasteiger partial charge >= 0.3 is 12.2 Å². The number of amides is 3. The molecule has 3 amide bonds. The van der Waals surface area contributed by atoms with Gasteiger partial charge in [0.15, 0.2) is 0 Å². The normalized spacial score (nSPS) is 13.7.